The second-order valence-electron chi connectivity index (χ2n) is 6.85. The van der Waals surface area contributed by atoms with Crippen LogP contribution in [0.25, 0.3) is 0 Å². The van der Waals surface area contributed by atoms with Gasteiger partial charge < -0.3 is 5.32 Å². The van der Waals surface area contributed by atoms with Crippen molar-refractivity contribution >= 4 is 0 Å². The predicted octanol–water partition coefficient (Wildman–Crippen LogP) is 4.65. The summed E-state index contributed by atoms with van der Waals surface area (Å²) < 4.78 is 0. The molecular weight excluding hydrogens is 230 g/mol. The molecule has 0 spiro atoms. The molecule has 0 aliphatic heterocycles. The van der Waals surface area contributed by atoms with Crippen LogP contribution in [0.5, 0.6) is 0 Å². The van der Waals surface area contributed by atoms with Crippen molar-refractivity contribution in [1.82, 2.24) is 5.32 Å². The zero-order chi connectivity index (χ0) is 13.9. The normalized spacial score (nSPS) is 21.8. The van der Waals surface area contributed by atoms with Crippen molar-refractivity contribution in [2.45, 2.75) is 65.3 Å². The molecule has 2 rings (SSSR count). The smallest absolute Gasteiger partial charge is 0.0325 e. The van der Waals surface area contributed by atoms with Gasteiger partial charge in [0.15, 0.2) is 0 Å². The zero-order valence-corrected chi connectivity index (χ0v) is 13.1. The summed E-state index contributed by atoms with van der Waals surface area (Å²) in [5.74, 6) is 0. The molecule has 0 heterocycles. The maximum absolute atomic E-state index is 3.54. The van der Waals surface area contributed by atoms with Crippen molar-refractivity contribution in [3.8, 4) is 0 Å². The molecule has 1 unspecified atom stereocenters. The monoisotopic (exact) mass is 259 g/mol. The van der Waals surface area contributed by atoms with Gasteiger partial charge in [0.1, 0.15) is 0 Å². The summed E-state index contributed by atoms with van der Waals surface area (Å²) in [5, 5.41) is 3.54. The van der Waals surface area contributed by atoms with E-state index >= 15 is 0 Å². The van der Waals surface area contributed by atoms with Crippen molar-refractivity contribution in [2.75, 3.05) is 7.05 Å². The van der Waals surface area contributed by atoms with Crippen molar-refractivity contribution in [3.63, 3.8) is 0 Å². The maximum Gasteiger partial charge on any atom is 0.0325 e. The summed E-state index contributed by atoms with van der Waals surface area (Å²) in [5.41, 5.74) is 5.07. The van der Waals surface area contributed by atoms with E-state index in [1.807, 2.05) is 0 Å². The van der Waals surface area contributed by atoms with E-state index in [-0.39, 0.29) is 0 Å². The summed E-state index contributed by atoms with van der Waals surface area (Å²) in [6.45, 7) is 7.07. The van der Waals surface area contributed by atoms with Gasteiger partial charge in [-0.25, -0.2) is 0 Å². The van der Waals surface area contributed by atoms with E-state index in [0.717, 1.165) is 0 Å². The van der Waals surface area contributed by atoms with Gasteiger partial charge in [0.2, 0.25) is 0 Å². The molecule has 1 aromatic rings. The van der Waals surface area contributed by atoms with Crippen LogP contribution in [0, 0.1) is 5.41 Å². The largest absolute Gasteiger partial charge is 0.313 e. The minimum atomic E-state index is 0.441. The molecule has 0 saturated carbocycles. The highest BCUT2D eigenvalue weighted by atomic mass is 14.9. The quantitative estimate of drug-likeness (QED) is 0.776. The van der Waals surface area contributed by atoms with Gasteiger partial charge in [-0.2, -0.15) is 0 Å². The molecule has 0 fully saturated rings. The van der Waals surface area contributed by atoms with Crippen LogP contribution in [0.15, 0.2) is 18.2 Å². The first-order valence-corrected chi connectivity index (χ1v) is 7.84. The van der Waals surface area contributed by atoms with E-state index in [0.29, 0.717) is 11.5 Å². The van der Waals surface area contributed by atoms with E-state index in [9.17, 15) is 0 Å². The average Bonchev–Trinajstić information content (AvgIpc) is 2.53. The van der Waals surface area contributed by atoms with Gasteiger partial charge in [0.05, 0.1) is 0 Å². The van der Waals surface area contributed by atoms with Gasteiger partial charge in [-0.05, 0) is 61.3 Å². The van der Waals surface area contributed by atoms with Gasteiger partial charge in [-0.1, -0.05) is 45.4 Å². The minimum Gasteiger partial charge on any atom is -0.313 e. The number of unbranched alkanes of at least 4 members (excludes halogenated alkanes) is 1. The summed E-state index contributed by atoms with van der Waals surface area (Å²) in [4.78, 5) is 0. The van der Waals surface area contributed by atoms with Crippen molar-refractivity contribution < 1.29 is 0 Å². The zero-order valence-electron chi connectivity index (χ0n) is 13.1. The highest BCUT2D eigenvalue weighted by molar-refractivity contribution is 5.36. The Morgan fingerprint density at radius 2 is 2.11 bits per heavy atom. The van der Waals surface area contributed by atoms with Crippen LogP contribution >= 0.6 is 0 Å². The fraction of sp³-hybridized carbons (Fsp3) is 0.667. The fourth-order valence-corrected chi connectivity index (χ4v) is 3.23. The molecule has 19 heavy (non-hydrogen) atoms. The van der Waals surface area contributed by atoms with Crippen LogP contribution in [0.1, 0.15) is 69.2 Å². The first-order chi connectivity index (χ1) is 9.05. The first kappa shape index (κ1) is 14.6. The van der Waals surface area contributed by atoms with Crippen LogP contribution in [-0.2, 0) is 12.8 Å². The highest BCUT2D eigenvalue weighted by Gasteiger charge is 2.28. The second-order valence-corrected chi connectivity index (χ2v) is 6.85. The van der Waals surface area contributed by atoms with Crippen molar-refractivity contribution in [2.24, 2.45) is 5.41 Å². The van der Waals surface area contributed by atoms with Crippen LogP contribution in [-0.4, -0.2) is 7.05 Å². The number of benzene rings is 1. The Labute approximate surface area is 118 Å². The lowest BCUT2D eigenvalue weighted by atomic mass is 9.83. The summed E-state index contributed by atoms with van der Waals surface area (Å²) in [7, 11) is 2.11. The van der Waals surface area contributed by atoms with Crippen LogP contribution in [0.3, 0.4) is 0 Å². The molecule has 0 aromatic heterocycles. The Kier molecular flexibility index (Phi) is 4.67. The number of aryl methyl sites for hydroxylation is 2. The van der Waals surface area contributed by atoms with Gasteiger partial charge in [0, 0.05) is 6.04 Å². The van der Waals surface area contributed by atoms with Crippen LogP contribution in [0.2, 0.25) is 0 Å². The number of hydrogen-bond donors (Lipinski definition) is 1. The minimum absolute atomic E-state index is 0.441. The number of nitrogens with one attached hydrogen (secondary N) is 1. The van der Waals surface area contributed by atoms with E-state index in [1.54, 1.807) is 11.1 Å². The summed E-state index contributed by atoms with van der Waals surface area (Å²) in [6.07, 6.45) is 7.58. The number of hydrogen-bond acceptors (Lipinski definition) is 1. The van der Waals surface area contributed by atoms with Crippen molar-refractivity contribution in [3.05, 3.63) is 34.9 Å². The molecule has 1 nitrogen and oxygen atoms in total. The third kappa shape index (κ3) is 3.60. The highest BCUT2D eigenvalue weighted by Crippen LogP contribution is 2.39. The second kappa shape index (κ2) is 6.09. The Hall–Kier alpha value is -0.820. The molecule has 0 bridgehead atoms. The number of fused-ring (bicyclic) bond motifs is 1. The molecule has 0 radical (unpaired) electrons. The third-order valence-electron chi connectivity index (χ3n) is 4.58. The fourth-order valence-electron chi connectivity index (χ4n) is 3.23. The molecule has 0 amide bonds. The molecule has 1 N–H and O–H groups in total. The summed E-state index contributed by atoms with van der Waals surface area (Å²) >= 11 is 0. The van der Waals surface area contributed by atoms with Gasteiger partial charge >= 0.3 is 0 Å². The lowest BCUT2D eigenvalue weighted by Gasteiger charge is -2.27. The maximum atomic E-state index is 3.54. The Morgan fingerprint density at radius 1 is 1.32 bits per heavy atom. The Morgan fingerprint density at radius 3 is 2.79 bits per heavy atom. The van der Waals surface area contributed by atoms with E-state index in [2.05, 4.69) is 51.3 Å². The predicted molar refractivity (Wildman–Crippen MR) is 83.6 cm³/mol. The molecule has 1 heteroatoms. The van der Waals surface area contributed by atoms with E-state index < -0.39 is 0 Å². The molecule has 1 aliphatic rings. The van der Waals surface area contributed by atoms with E-state index in [1.165, 1.54) is 44.1 Å². The molecule has 0 saturated heterocycles. The molecular formula is C18H29N. The molecule has 1 aromatic carbocycles. The third-order valence-corrected chi connectivity index (χ3v) is 4.58. The molecule has 106 valence electrons. The van der Waals surface area contributed by atoms with Gasteiger partial charge in [0.25, 0.3) is 0 Å². The van der Waals surface area contributed by atoms with Gasteiger partial charge in [-0.3, -0.25) is 0 Å². The van der Waals surface area contributed by atoms with Gasteiger partial charge in [-0.15, -0.1) is 0 Å². The lowest BCUT2D eigenvalue weighted by molar-refractivity contribution is 0.279. The topological polar surface area (TPSA) is 12.0 Å². The van der Waals surface area contributed by atoms with Crippen molar-refractivity contribution in [1.29, 1.82) is 0 Å². The Bertz CT molecular complexity index is 420. The first-order valence-electron chi connectivity index (χ1n) is 7.84. The summed E-state index contributed by atoms with van der Waals surface area (Å²) in [6, 6.07) is 7.72. The average molecular weight is 259 g/mol. The van der Waals surface area contributed by atoms with E-state index in [4.69, 9.17) is 0 Å². The Balaban J connectivity index is 2.28. The van der Waals surface area contributed by atoms with Crippen LogP contribution < -0.4 is 5.32 Å². The van der Waals surface area contributed by atoms with Crippen LogP contribution in [0.4, 0.5) is 0 Å². The lowest BCUT2D eigenvalue weighted by Crippen LogP contribution is -2.22. The molecule has 1 aliphatic carbocycles. The standard InChI is InChI=1S/C18H29N/c1-5-6-7-14-8-9-15-10-11-18(2,3)13-17(19-4)16(15)12-14/h8-9,12,17,19H,5-7,10-11,13H2,1-4H3. The molecule has 1 atom stereocenters. The number of rotatable bonds is 4. The SMILES string of the molecule is CCCCc1ccc2c(c1)C(NC)CC(C)(C)CC2.